The molecule has 1 N–H and O–H groups in total. The quantitative estimate of drug-likeness (QED) is 0.342. The van der Waals surface area contributed by atoms with Gasteiger partial charge in [0.1, 0.15) is 18.0 Å². The first-order valence-corrected chi connectivity index (χ1v) is 13.7. The van der Waals surface area contributed by atoms with Crippen molar-refractivity contribution in [1.29, 1.82) is 0 Å². The second-order valence-electron chi connectivity index (χ2n) is 7.35. The Balaban J connectivity index is 1.70. The average molecular weight is 535 g/mol. The number of benzene rings is 3. The largest absolute Gasteiger partial charge is 0.497 e. The molecule has 0 spiro atoms. The van der Waals surface area contributed by atoms with Gasteiger partial charge in [0.25, 0.3) is 10.0 Å². The normalized spacial score (nSPS) is 11.1. The number of hydrogen-bond acceptors (Lipinski definition) is 6. The molecule has 7 nitrogen and oxygen atoms in total. The van der Waals surface area contributed by atoms with E-state index in [0.29, 0.717) is 34.6 Å². The lowest BCUT2D eigenvalue weighted by molar-refractivity contribution is -0.119. The van der Waals surface area contributed by atoms with Crippen LogP contribution in [0.1, 0.15) is 5.56 Å². The lowest BCUT2D eigenvalue weighted by Gasteiger charge is -2.25. The Morgan fingerprint density at radius 1 is 0.971 bits per heavy atom. The topological polar surface area (TPSA) is 84.9 Å². The molecule has 0 atom stereocenters. The minimum atomic E-state index is -4.07. The Morgan fingerprint density at radius 2 is 1.66 bits per heavy atom. The van der Waals surface area contributed by atoms with Crippen molar-refractivity contribution in [2.45, 2.75) is 10.6 Å². The Bertz CT molecular complexity index is 1240. The van der Waals surface area contributed by atoms with E-state index in [4.69, 9.17) is 21.1 Å². The molecular formula is C25H27ClN2O5S2. The lowest BCUT2D eigenvalue weighted by atomic mass is 10.2. The zero-order valence-corrected chi connectivity index (χ0v) is 21.8. The Hall–Kier alpha value is -2.88. The van der Waals surface area contributed by atoms with Gasteiger partial charge in [-0.05, 0) is 48.0 Å². The number of methoxy groups -OCH3 is 2. The highest BCUT2D eigenvalue weighted by molar-refractivity contribution is 7.98. The first kappa shape index (κ1) is 26.7. The fourth-order valence-corrected chi connectivity index (χ4v) is 5.83. The van der Waals surface area contributed by atoms with E-state index in [1.54, 1.807) is 48.2 Å². The van der Waals surface area contributed by atoms with Gasteiger partial charge in [-0.2, -0.15) is 11.8 Å². The number of hydrogen-bond donors (Lipinski definition) is 1. The Morgan fingerprint density at radius 3 is 2.34 bits per heavy atom. The van der Waals surface area contributed by atoms with E-state index >= 15 is 0 Å². The van der Waals surface area contributed by atoms with Crippen LogP contribution in [0.2, 0.25) is 5.02 Å². The molecule has 0 unspecified atom stereocenters. The van der Waals surface area contributed by atoms with Crippen LogP contribution in [0.15, 0.2) is 77.7 Å². The molecule has 0 aromatic heterocycles. The van der Waals surface area contributed by atoms with Crippen molar-refractivity contribution in [2.75, 3.05) is 37.4 Å². The molecule has 186 valence electrons. The second kappa shape index (κ2) is 12.7. The average Bonchev–Trinajstić information content (AvgIpc) is 2.88. The predicted octanol–water partition coefficient (Wildman–Crippen LogP) is 4.60. The van der Waals surface area contributed by atoms with Gasteiger partial charge in [0.15, 0.2) is 0 Å². The van der Waals surface area contributed by atoms with Crippen molar-refractivity contribution in [1.82, 2.24) is 5.32 Å². The van der Waals surface area contributed by atoms with Crippen molar-refractivity contribution in [3.05, 3.63) is 83.4 Å². The summed E-state index contributed by atoms with van der Waals surface area (Å²) in [4.78, 5) is 12.8. The number of carbonyl (C=O) groups is 1. The maximum Gasteiger partial charge on any atom is 0.264 e. The van der Waals surface area contributed by atoms with Gasteiger partial charge in [-0.1, -0.05) is 41.9 Å². The van der Waals surface area contributed by atoms with Gasteiger partial charge in [0.05, 0.1) is 24.8 Å². The minimum Gasteiger partial charge on any atom is -0.497 e. The van der Waals surface area contributed by atoms with Crippen molar-refractivity contribution in [3.8, 4) is 11.5 Å². The maximum absolute atomic E-state index is 13.5. The van der Waals surface area contributed by atoms with Crippen LogP contribution in [0.3, 0.4) is 0 Å². The van der Waals surface area contributed by atoms with E-state index in [1.807, 2.05) is 24.3 Å². The van der Waals surface area contributed by atoms with Gasteiger partial charge >= 0.3 is 0 Å². The first-order valence-electron chi connectivity index (χ1n) is 10.7. The molecule has 0 aliphatic carbocycles. The maximum atomic E-state index is 13.5. The summed E-state index contributed by atoms with van der Waals surface area (Å²) in [5.74, 6) is 1.81. The van der Waals surface area contributed by atoms with Crippen LogP contribution in [-0.4, -0.2) is 47.4 Å². The van der Waals surface area contributed by atoms with Crippen LogP contribution >= 0.6 is 23.4 Å². The molecular weight excluding hydrogens is 508 g/mol. The molecule has 10 heteroatoms. The summed E-state index contributed by atoms with van der Waals surface area (Å²) >= 11 is 7.80. The van der Waals surface area contributed by atoms with Crippen LogP contribution in [-0.2, 0) is 20.6 Å². The van der Waals surface area contributed by atoms with Crippen LogP contribution in [0.4, 0.5) is 5.69 Å². The molecule has 0 aliphatic heterocycles. The zero-order valence-electron chi connectivity index (χ0n) is 19.4. The Labute approximate surface area is 215 Å². The fraction of sp³-hybridized carbons (Fsp3) is 0.240. The highest BCUT2D eigenvalue weighted by atomic mass is 35.5. The molecule has 0 aliphatic rings. The molecule has 3 aromatic rings. The van der Waals surface area contributed by atoms with E-state index < -0.39 is 22.5 Å². The molecule has 0 saturated carbocycles. The molecule has 0 heterocycles. The molecule has 0 fully saturated rings. The highest BCUT2D eigenvalue weighted by Gasteiger charge is 2.29. The Kier molecular flexibility index (Phi) is 9.71. The van der Waals surface area contributed by atoms with E-state index in [1.165, 1.54) is 26.4 Å². The summed E-state index contributed by atoms with van der Waals surface area (Å²) < 4.78 is 38.6. The van der Waals surface area contributed by atoms with E-state index in [-0.39, 0.29) is 10.6 Å². The van der Waals surface area contributed by atoms with Crippen LogP contribution in [0.5, 0.6) is 11.5 Å². The van der Waals surface area contributed by atoms with Crippen molar-refractivity contribution < 1.29 is 22.7 Å². The summed E-state index contributed by atoms with van der Waals surface area (Å²) in [5, 5.41) is 3.51. The SMILES string of the molecule is COc1ccc(S(=O)(=O)N(CC(=O)NCCSCc2ccccc2Cl)c2ccccc2OC)cc1. The summed E-state index contributed by atoms with van der Waals surface area (Å²) in [6.07, 6.45) is 0. The number of amides is 1. The predicted molar refractivity (Wildman–Crippen MR) is 141 cm³/mol. The number of nitrogens with zero attached hydrogens (tertiary/aromatic N) is 1. The molecule has 0 bridgehead atoms. The number of halogens is 1. The number of sulfonamides is 1. The second-order valence-corrected chi connectivity index (χ2v) is 10.7. The number of para-hydroxylation sites is 2. The number of ether oxygens (including phenoxy) is 2. The zero-order chi connectivity index (χ0) is 25.3. The highest BCUT2D eigenvalue weighted by Crippen LogP contribution is 2.32. The molecule has 3 aromatic carbocycles. The van der Waals surface area contributed by atoms with Gasteiger partial charge in [0, 0.05) is 23.1 Å². The lowest BCUT2D eigenvalue weighted by Crippen LogP contribution is -2.41. The molecule has 35 heavy (non-hydrogen) atoms. The number of anilines is 1. The van der Waals surface area contributed by atoms with Gasteiger partial charge in [-0.25, -0.2) is 8.42 Å². The smallest absolute Gasteiger partial charge is 0.264 e. The third-order valence-electron chi connectivity index (χ3n) is 5.07. The molecule has 3 rings (SSSR count). The first-order chi connectivity index (χ1) is 16.9. The van der Waals surface area contributed by atoms with Crippen LogP contribution in [0.25, 0.3) is 0 Å². The molecule has 0 radical (unpaired) electrons. The monoisotopic (exact) mass is 534 g/mol. The summed E-state index contributed by atoms with van der Waals surface area (Å²) in [5.41, 5.74) is 1.30. The third kappa shape index (κ3) is 7.06. The van der Waals surface area contributed by atoms with E-state index in [9.17, 15) is 13.2 Å². The van der Waals surface area contributed by atoms with Crippen LogP contribution < -0.4 is 19.1 Å². The molecule has 1 amide bonds. The van der Waals surface area contributed by atoms with Crippen molar-refractivity contribution >= 4 is 45.0 Å². The standard InChI is InChI=1S/C25H27ClN2O5S2/c1-32-20-11-13-21(14-12-20)35(30,31)28(23-9-5-6-10-24(23)33-2)17-25(29)27-15-16-34-18-19-7-3-4-8-22(19)26/h3-14H,15-18H2,1-2H3,(H,27,29). The van der Waals surface area contributed by atoms with Gasteiger partial charge in [-0.15, -0.1) is 0 Å². The van der Waals surface area contributed by atoms with E-state index in [2.05, 4.69) is 5.32 Å². The third-order valence-corrected chi connectivity index (χ3v) is 8.22. The van der Waals surface area contributed by atoms with Crippen LogP contribution in [0, 0.1) is 0 Å². The van der Waals surface area contributed by atoms with Crippen molar-refractivity contribution in [2.24, 2.45) is 0 Å². The number of nitrogens with one attached hydrogen (secondary N) is 1. The molecule has 0 saturated heterocycles. The minimum absolute atomic E-state index is 0.0345. The van der Waals surface area contributed by atoms with Gasteiger partial charge < -0.3 is 14.8 Å². The van der Waals surface area contributed by atoms with Gasteiger partial charge in [0.2, 0.25) is 5.91 Å². The van der Waals surface area contributed by atoms with Crippen molar-refractivity contribution in [3.63, 3.8) is 0 Å². The summed E-state index contributed by atoms with van der Waals surface area (Å²) in [7, 11) is -1.11. The number of thioether (sulfide) groups is 1. The number of rotatable bonds is 12. The summed E-state index contributed by atoms with van der Waals surface area (Å²) in [6.45, 7) is -0.0137. The van der Waals surface area contributed by atoms with Gasteiger partial charge in [-0.3, -0.25) is 9.10 Å². The summed E-state index contributed by atoms with van der Waals surface area (Å²) in [6, 6.07) is 20.3. The fourth-order valence-electron chi connectivity index (χ4n) is 3.26. The number of carbonyl (C=O) groups excluding carboxylic acids is 1. The van der Waals surface area contributed by atoms with E-state index in [0.717, 1.165) is 9.87 Å².